The van der Waals surface area contributed by atoms with Gasteiger partial charge in [-0.05, 0) is 62.2 Å². The number of halogens is 1. The van der Waals surface area contributed by atoms with Gasteiger partial charge in [0.25, 0.3) is 0 Å². The molecule has 0 unspecified atom stereocenters. The molecule has 172 valence electrons. The minimum absolute atomic E-state index is 0.0450. The van der Waals surface area contributed by atoms with Gasteiger partial charge in [-0.2, -0.15) is 0 Å². The normalized spacial score (nSPS) is 12.6. The van der Waals surface area contributed by atoms with Crippen LogP contribution in [0.25, 0.3) is 28.1 Å². The molecule has 1 aliphatic rings. The van der Waals surface area contributed by atoms with Gasteiger partial charge in [-0.1, -0.05) is 42.0 Å². The summed E-state index contributed by atoms with van der Waals surface area (Å²) in [5.41, 5.74) is 8.50. The zero-order valence-electron chi connectivity index (χ0n) is 19.5. The number of rotatable bonds is 7. The van der Waals surface area contributed by atoms with E-state index in [1.54, 1.807) is 12.4 Å². The molecule has 0 atom stereocenters. The SMILES string of the molecule is Cc1cnc2c(NCN(C)C)c3ncc(C(=O)CCc4ccc5c(c4)C=CC5)cc3nc2c1Cl. The molecular weight excluding hydrogens is 446 g/mol. The van der Waals surface area contributed by atoms with Crippen LogP contribution in [-0.2, 0) is 12.8 Å². The van der Waals surface area contributed by atoms with Gasteiger partial charge in [0.15, 0.2) is 5.78 Å². The fourth-order valence-electron chi connectivity index (χ4n) is 4.23. The molecule has 34 heavy (non-hydrogen) atoms. The fourth-order valence-corrected chi connectivity index (χ4v) is 4.41. The summed E-state index contributed by atoms with van der Waals surface area (Å²) in [4.78, 5) is 29.0. The van der Waals surface area contributed by atoms with E-state index in [4.69, 9.17) is 16.6 Å². The number of pyridine rings is 3. The van der Waals surface area contributed by atoms with Crippen molar-refractivity contribution in [3.05, 3.63) is 75.6 Å². The second-order valence-corrected chi connectivity index (χ2v) is 9.39. The lowest BCUT2D eigenvalue weighted by Gasteiger charge is -2.16. The summed E-state index contributed by atoms with van der Waals surface area (Å²) in [6.45, 7) is 2.50. The standard InChI is InChI=1S/C27H26ClN5O/c1-16-13-29-27-25(23(16)28)32-21-12-20(14-30-24(21)26(27)31-15-33(2)3)22(34)10-8-17-7-9-18-5-4-6-19(18)11-17/h4,6-7,9,11-14H,5,8,10,15H2,1-3H3,(H,31,32). The van der Waals surface area contributed by atoms with E-state index >= 15 is 0 Å². The lowest BCUT2D eigenvalue weighted by molar-refractivity contribution is 0.0982. The second kappa shape index (κ2) is 9.12. The number of hydrogen-bond donors (Lipinski definition) is 1. The molecule has 1 aliphatic carbocycles. The third-order valence-electron chi connectivity index (χ3n) is 6.12. The topological polar surface area (TPSA) is 71.0 Å². The lowest BCUT2D eigenvalue weighted by Crippen LogP contribution is -2.21. The Hall–Kier alpha value is -3.35. The van der Waals surface area contributed by atoms with Crippen molar-refractivity contribution in [2.45, 2.75) is 26.2 Å². The molecule has 3 heterocycles. The van der Waals surface area contributed by atoms with Crippen molar-refractivity contribution < 1.29 is 4.79 Å². The first-order chi connectivity index (χ1) is 16.4. The highest BCUT2D eigenvalue weighted by Gasteiger charge is 2.17. The number of nitrogens with zero attached hydrogens (tertiary/aromatic N) is 4. The van der Waals surface area contributed by atoms with Gasteiger partial charge in [0.05, 0.1) is 22.9 Å². The number of carbonyl (C=O) groups excluding carboxylic acids is 1. The highest BCUT2D eigenvalue weighted by atomic mass is 35.5. The van der Waals surface area contributed by atoms with Gasteiger partial charge in [0.1, 0.15) is 16.6 Å². The Kier molecular flexibility index (Phi) is 6.02. The molecule has 1 N–H and O–H groups in total. The molecule has 6 nitrogen and oxygen atoms in total. The fraction of sp³-hybridized carbons (Fsp3) is 0.259. The van der Waals surface area contributed by atoms with Crippen molar-refractivity contribution in [1.82, 2.24) is 19.9 Å². The van der Waals surface area contributed by atoms with E-state index in [0.29, 0.717) is 52.2 Å². The third-order valence-corrected chi connectivity index (χ3v) is 6.60. The Morgan fingerprint density at radius 3 is 2.76 bits per heavy atom. The molecule has 0 bridgehead atoms. The average molecular weight is 472 g/mol. The highest BCUT2D eigenvalue weighted by molar-refractivity contribution is 6.36. The van der Waals surface area contributed by atoms with Crippen LogP contribution in [0.1, 0.15) is 39.0 Å². The Labute approximate surface area is 203 Å². The Balaban J connectivity index is 1.48. The van der Waals surface area contributed by atoms with Crippen LogP contribution in [0.4, 0.5) is 5.69 Å². The van der Waals surface area contributed by atoms with Gasteiger partial charge in [-0.3, -0.25) is 19.7 Å². The van der Waals surface area contributed by atoms with Crippen LogP contribution in [0.15, 0.2) is 42.7 Å². The van der Waals surface area contributed by atoms with E-state index in [-0.39, 0.29) is 5.78 Å². The van der Waals surface area contributed by atoms with Gasteiger partial charge in [-0.25, -0.2) is 4.98 Å². The van der Waals surface area contributed by atoms with Crippen LogP contribution in [0.2, 0.25) is 5.02 Å². The largest absolute Gasteiger partial charge is 0.369 e. The number of anilines is 1. The van der Waals surface area contributed by atoms with Crippen LogP contribution >= 0.6 is 11.6 Å². The van der Waals surface area contributed by atoms with Gasteiger partial charge in [-0.15, -0.1) is 0 Å². The highest BCUT2D eigenvalue weighted by Crippen LogP contribution is 2.33. The minimum Gasteiger partial charge on any atom is -0.369 e. The van der Waals surface area contributed by atoms with Crippen molar-refractivity contribution in [1.29, 1.82) is 0 Å². The zero-order valence-corrected chi connectivity index (χ0v) is 20.3. The number of aromatic nitrogens is 3. The molecule has 0 aliphatic heterocycles. The maximum Gasteiger partial charge on any atom is 0.164 e. The summed E-state index contributed by atoms with van der Waals surface area (Å²) in [6.07, 6.45) is 9.79. The van der Waals surface area contributed by atoms with Crippen LogP contribution in [-0.4, -0.2) is 46.4 Å². The van der Waals surface area contributed by atoms with Crippen molar-refractivity contribution in [3.63, 3.8) is 0 Å². The number of nitrogens with one attached hydrogen (secondary N) is 1. The number of carbonyl (C=O) groups is 1. The zero-order chi connectivity index (χ0) is 23.8. The lowest BCUT2D eigenvalue weighted by atomic mass is 10.00. The van der Waals surface area contributed by atoms with Gasteiger partial charge < -0.3 is 5.32 Å². The Morgan fingerprint density at radius 1 is 1.12 bits per heavy atom. The van der Waals surface area contributed by atoms with Crippen LogP contribution in [0.5, 0.6) is 0 Å². The minimum atomic E-state index is 0.0450. The van der Waals surface area contributed by atoms with Crippen molar-refractivity contribution in [2.24, 2.45) is 0 Å². The Bertz CT molecular complexity index is 1460. The first kappa shape index (κ1) is 22.4. The second-order valence-electron chi connectivity index (χ2n) is 9.01. The molecule has 0 spiro atoms. The molecule has 0 fully saturated rings. The molecule has 0 radical (unpaired) electrons. The molecule has 0 amide bonds. The first-order valence-corrected chi connectivity index (χ1v) is 11.7. The number of aryl methyl sites for hydroxylation is 2. The summed E-state index contributed by atoms with van der Waals surface area (Å²) in [7, 11) is 3.95. The molecule has 0 saturated carbocycles. The number of hydrogen-bond acceptors (Lipinski definition) is 6. The van der Waals surface area contributed by atoms with E-state index in [9.17, 15) is 4.79 Å². The molecule has 5 rings (SSSR count). The van der Waals surface area contributed by atoms with Crippen molar-refractivity contribution in [2.75, 3.05) is 26.1 Å². The molecule has 1 aromatic carbocycles. The van der Waals surface area contributed by atoms with Gasteiger partial charge in [0, 0.05) is 24.4 Å². The molecule has 0 saturated heterocycles. The van der Waals surface area contributed by atoms with Crippen LogP contribution in [0, 0.1) is 6.92 Å². The van der Waals surface area contributed by atoms with Gasteiger partial charge in [0.2, 0.25) is 0 Å². The number of Topliss-reactive ketones (excluding diaryl/α,β-unsaturated/α-hetero) is 1. The van der Waals surface area contributed by atoms with Crippen LogP contribution < -0.4 is 5.32 Å². The number of allylic oxidation sites excluding steroid dienone is 1. The maximum absolute atomic E-state index is 13.0. The number of benzene rings is 1. The first-order valence-electron chi connectivity index (χ1n) is 11.4. The van der Waals surface area contributed by atoms with Crippen LogP contribution in [0.3, 0.4) is 0 Å². The van der Waals surface area contributed by atoms with Crippen molar-refractivity contribution >= 4 is 51.2 Å². The Morgan fingerprint density at radius 2 is 1.94 bits per heavy atom. The number of fused-ring (bicyclic) bond motifs is 3. The van der Waals surface area contributed by atoms with E-state index < -0.39 is 0 Å². The molecule has 3 aromatic heterocycles. The summed E-state index contributed by atoms with van der Waals surface area (Å²) >= 11 is 6.59. The molecule has 4 aromatic rings. The third kappa shape index (κ3) is 4.27. The average Bonchev–Trinajstić information content (AvgIpc) is 3.30. The predicted molar refractivity (Wildman–Crippen MR) is 139 cm³/mol. The summed E-state index contributed by atoms with van der Waals surface area (Å²) < 4.78 is 0. The summed E-state index contributed by atoms with van der Waals surface area (Å²) in [5.74, 6) is 0.0450. The predicted octanol–water partition coefficient (Wildman–Crippen LogP) is 5.46. The van der Waals surface area contributed by atoms with E-state index in [2.05, 4.69) is 45.6 Å². The number of ketones is 1. The van der Waals surface area contributed by atoms with E-state index in [1.165, 1.54) is 16.7 Å². The van der Waals surface area contributed by atoms with E-state index in [1.807, 2.05) is 32.0 Å². The monoisotopic (exact) mass is 471 g/mol. The maximum atomic E-state index is 13.0. The van der Waals surface area contributed by atoms with Crippen molar-refractivity contribution in [3.8, 4) is 0 Å². The van der Waals surface area contributed by atoms with E-state index in [0.717, 1.165) is 17.7 Å². The smallest absolute Gasteiger partial charge is 0.164 e. The summed E-state index contributed by atoms with van der Waals surface area (Å²) in [5, 5.41) is 3.96. The molecular formula is C27H26ClN5O. The van der Waals surface area contributed by atoms with Gasteiger partial charge >= 0.3 is 0 Å². The quantitative estimate of drug-likeness (QED) is 0.219. The summed E-state index contributed by atoms with van der Waals surface area (Å²) in [6, 6.07) is 8.27. The molecule has 7 heteroatoms.